The van der Waals surface area contributed by atoms with Crippen LogP contribution in [0.3, 0.4) is 0 Å². The molecule has 2 amide bonds. The van der Waals surface area contributed by atoms with E-state index in [1.54, 1.807) is 5.43 Å². The number of amides is 2. The van der Waals surface area contributed by atoms with E-state index in [0.29, 0.717) is 4.68 Å². The lowest BCUT2D eigenvalue weighted by molar-refractivity contribution is -0.154. The Labute approximate surface area is 116 Å². The van der Waals surface area contributed by atoms with Gasteiger partial charge >= 0.3 is 18.1 Å². The van der Waals surface area contributed by atoms with Crippen LogP contribution in [0.25, 0.3) is 0 Å². The molecule has 1 aromatic rings. The lowest BCUT2D eigenvalue weighted by Crippen LogP contribution is -2.45. The Morgan fingerprint density at radius 2 is 2.00 bits per heavy atom. The molecule has 0 unspecified atom stereocenters. The van der Waals surface area contributed by atoms with Gasteiger partial charge in [-0.3, -0.25) is 25.1 Å². The lowest BCUT2D eigenvalue weighted by atomic mass is 10.3. The van der Waals surface area contributed by atoms with Crippen LogP contribution in [0, 0.1) is 0 Å². The number of nitrogens with zero attached hydrogens (tertiary/aromatic N) is 2. The Morgan fingerprint density at radius 3 is 2.57 bits per heavy atom. The van der Waals surface area contributed by atoms with Gasteiger partial charge in [0.2, 0.25) is 0 Å². The van der Waals surface area contributed by atoms with E-state index in [9.17, 15) is 27.6 Å². The molecule has 0 aromatic carbocycles. The number of hydrogen-bond donors (Lipinski definition) is 2. The average Bonchev–Trinajstić information content (AvgIpc) is 2.81. The SMILES string of the molecule is CCOC(=O)C(=O)NNC(=O)c1cnn(CC(F)(F)F)c1. The number of carbonyl (C=O) groups is 3. The Morgan fingerprint density at radius 1 is 1.33 bits per heavy atom. The molecular formula is C10H11F3N4O4. The molecule has 0 saturated carbocycles. The fraction of sp³-hybridized carbons (Fsp3) is 0.400. The summed E-state index contributed by atoms with van der Waals surface area (Å²) in [5.74, 6) is -3.35. The first-order chi connectivity index (χ1) is 9.73. The van der Waals surface area contributed by atoms with Crippen LogP contribution in [0.15, 0.2) is 12.4 Å². The van der Waals surface area contributed by atoms with Crippen molar-refractivity contribution in [3.8, 4) is 0 Å². The Balaban J connectivity index is 2.53. The number of nitrogens with one attached hydrogen (secondary N) is 2. The molecule has 21 heavy (non-hydrogen) atoms. The maximum atomic E-state index is 12.1. The first kappa shape index (κ1) is 16.5. The number of esters is 1. The molecule has 0 bridgehead atoms. The van der Waals surface area contributed by atoms with Gasteiger partial charge in [0.15, 0.2) is 0 Å². The maximum absolute atomic E-state index is 12.1. The highest BCUT2D eigenvalue weighted by Gasteiger charge is 2.28. The molecule has 0 saturated heterocycles. The van der Waals surface area contributed by atoms with E-state index in [1.807, 2.05) is 5.43 Å². The molecule has 116 valence electrons. The summed E-state index contributed by atoms with van der Waals surface area (Å²) in [6.45, 7) is 0.110. The van der Waals surface area contributed by atoms with Gasteiger partial charge < -0.3 is 4.74 Å². The molecule has 0 atom stereocenters. The van der Waals surface area contributed by atoms with Gasteiger partial charge in [-0.15, -0.1) is 0 Å². The van der Waals surface area contributed by atoms with Gasteiger partial charge in [0, 0.05) is 6.20 Å². The smallest absolute Gasteiger partial charge is 0.408 e. The highest BCUT2D eigenvalue weighted by atomic mass is 19.4. The van der Waals surface area contributed by atoms with Gasteiger partial charge in [-0.1, -0.05) is 0 Å². The fourth-order valence-corrected chi connectivity index (χ4v) is 1.18. The summed E-state index contributed by atoms with van der Waals surface area (Å²) in [7, 11) is 0. The minimum Gasteiger partial charge on any atom is -0.459 e. The molecule has 2 N–H and O–H groups in total. The summed E-state index contributed by atoms with van der Waals surface area (Å²) in [5.41, 5.74) is 3.37. The van der Waals surface area contributed by atoms with E-state index in [-0.39, 0.29) is 12.2 Å². The van der Waals surface area contributed by atoms with Crippen LogP contribution < -0.4 is 10.9 Å². The maximum Gasteiger partial charge on any atom is 0.408 e. The van der Waals surface area contributed by atoms with Crippen LogP contribution in [0.2, 0.25) is 0 Å². The van der Waals surface area contributed by atoms with Crippen molar-refractivity contribution in [3.63, 3.8) is 0 Å². The van der Waals surface area contributed by atoms with E-state index in [1.165, 1.54) is 6.92 Å². The van der Waals surface area contributed by atoms with Crippen molar-refractivity contribution in [2.75, 3.05) is 6.61 Å². The summed E-state index contributed by atoms with van der Waals surface area (Å²) in [5, 5.41) is 3.35. The first-order valence-electron chi connectivity index (χ1n) is 5.59. The number of ether oxygens (including phenoxy) is 1. The largest absolute Gasteiger partial charge is 0.459 e. The zero-order chi connectivity index (χ0) is 16.0. The summed E-state index contributed by atoms with van der Waals surface area (Å²) < 4.78 is 41.2. The Hall–Kier alpha value is -2.59. The number of carbonyl (C=O) groups excluding carboxylic acids is 3. The third-order valence-electron chi connectivity index (χ3n) is 1.99. The van der Waals surface area contributed by atoms with E-state index >= 15 is 0 Å². The number of aromatic nitrogens is 2. The predicted molar refractivity (Wildman–Crippen MR) is 60.5 cm³/mol. The molecule has 11 heteroatoms. The van der Waals surface area contributed by atoms with Gasteiger partial charge in [-0.2, -0.15) is 18.3 Å². The standard InChI is InChI=1S/C10H11F3N4O4/c1-2-21-9(20)8(19)16-15-7(18)6-3-14-17(4-6)5-10(11,12)13/h3-4H,2,5H2,1H3,(H,15,18)(H,16,19). The first-order valence-corrected chi connectivity index (χ1v) is 5.59. The van der Waals surface area contributed by atoms with Crippen molar-refractivity contribution in [1.29, 1.82) is 0 Å². The molecule has 1 rings (SSSR count). The van der Waals surface area contributed by atoms with Crippen LogP contribution in [0.1, 0.15) is 17.3 Å². The molecule has 0 aliphatic carbocycles. The van der Waals surface area contributed by atoms with E-state index in [0.717, 1.165) is 12.4 Å². The van der Waals surface area contributed by atoms with E-state index in [4.69, 9.17) is 0 Å². The lowest BCUT2D eigenvalue weighted by Gasteiger charge is -2.06. The van der Waals surface area contributed by atoms with Gasteiger partial charge in [0.1, 0.15) is 6.54 Å². The van der Waals surface area contributed by atoms with Crippen molar-refractivity contribution < 1.29 is 32.3 Å². The molecule has 1 heterocycles. The highest BCUT2D eigenvalue weighted by molar-refractivity contribution is 6.32. The molecule has 8 nitrogen and oxygen atoms in total. The van der Waals surface area contributed by atoms with Gasteiger partial charge in [0.05, 0.1) is 18.4 Å². The highest BCUT2D eigenvalue weighted by Crippen LogP contribution is 2.16. The summed E-state index contributed by atoms with van der Waals surface area (Å²) in [6, 6.07) is 0. The second kappa shape index (κ2) is 6.72. The second-order valence-corrected chi connectivity index (χ2v) is 3.67. The van der Waals surface area contributed by atoms with Crippen molar-refractivity contribution in [2.24, 2.45) is 0 Å². The zero-order valence-corrected chi connectivity index (χ0v) is 10.7. The van der Waals surface area contributed by atoms with Crippen LogP contribution in [-0.4, -0.2) is 40.3 Å². The summed E-state index contributed by atoms with van der Waals surface area (Å²) in [4.78, 5) is 33.5. The quantitative estimate of drug-likeness (QED) is 0.456. The van der Waals surface area contributed by atoms with Gasteiger partial charge in [-0.25, -0.2) is 4.79 Å². The Bertz CT molecular complexity index is 541. The third-order valence-corrected chi connectivity index (χ3v) is 1.99. The van der Waals surface area contributed by atoms with E-state index < -0.39 is 30.5 Å². The number of hydrogen-bond acceptors (Lipinski definition) is 5. The molecule has 1 aromatic heterocycles. The number of halogens is 3. The van der Waals surface area contributed by atoms with Gasteiger partial charge in [-0.05, 0) is 6.92 Å². The Kier molecular flexibility index (Phi) is 5.27. The van der Waals surface area contributed by atoms with Crippen LogP contribution in [0.5, 0.6) is 0 Å². The minimum absolute atomic E-state index is 0.0234. The van der Waals surface area contributed by atoms with Crippen molar-refractivity contribution in [2.45, 2.75) is 19.6 Å². The van der Waals surface area contributed by atoms with Crippen molar-refractivity contribution in [3.05, 3.63) is 18.0 Å². The minimum atomic E-state index is -4.47. The topological polar surface area (TPSA) is 102 Å². The van der Waals surface area contributed by atoms with Gasteiger partial charge in [0.25, 0.3) is 5.91 Å². The molecule has 0 fully saturated rings. The van der Waals surface area contributed by atoms with Crippen LogP contribution in [0.4, 0.5) is 13.2 Å². The summed E-state index contributed by atoms with van der Waals surface area (Å²) in [6.07, 6.45) is -2.74. The van der Waals surface area contributed by atoms with Crippen LogP contribution in [-0.2, 0) is 20.9 Å². The second-order valence-electron chi connectivity index (χ2n) is 3.67. The fourth-order valence-electron chi connectivity index (χ4n) is 1.18. The number of alkyl halides is 3. The van der Waals surface area contributed by atoms with E-state index in [2.05, 4.69) is 9.84 Å². The molecule has 0 radical (unpaired) electrons. The molecule has 0 spiro atoms. The number of rotatable bonds is 3. The molecule has 0 aliphatic heterocycles. The molecular weight excluding hydrogens is 297 g/mol. The van der Waals surface area contributed by atoms with Crippen LogP contribution >= 0.6 is 0 Å². The zero-order valence-electron chi connectivity index (χ0n) is 10.7. The normalized spacial score (nSPS) is 10.9. The third kappa shape index (κ3) is 5.50. The predicted octanol–water partition coefficient (Wildman–Crippen LogP) is -0.231. The molecule has 0 aliphatic rings. The summed E-state index contributed by atoms with van der Waals surface area (Å²) >= 11 is 0. The number of hydrazine groups is 1. The average molecular weight is 308 g/mol. The van der Waals surface area contributed by atoms with Crippen molar-refractivity contribution in [1.82, 2.24) is 20.6 Å². The monoisotopic (exact) mass is 308 g/mol. The van der Waals surface area contributed by atoms with Crippen molar-refractivity contribution >= 4 is 17.8 Å².